The van der Waals surface area contributed by atoms with Crippen LogP contribution in [0.15, 0.2) is 18.3 Å². The Morgan fingerprint density at radius 3 is 2.72 bits per heavy atom. The van der Waals surface area contributed by atoms with Crippen LogP contribution in [0.25, 0.3) is 0 Å². The highest BCUT2D eigenvalue weighted by molar-refractivity contribution is 5.47. The van der Waals surface area contributed by atoms with Crippen molar-refractivity contribution in [3.05, 3.63) is 28.4 Å². The molecule has 18 heavy (non-hydrogen) atoms. The topological polar surface area (TPSA) is 79.5 Å². The molecule has 6 nitrogen and oxygen atoms in total. The molecule has 2 atom stereocenters. The smallest absolute Gasteiger partial charge is 0.363 e. The van der Waals surface area contributed by atoms with E-state index in [1.165, 1.54) is 12.3 Å². The van der Waals surface area contributed by atoms with E-state index < -0.39 is 4.92 Å². The maximum Gasteiger partial charge on any atom is 0.363 e. The highest BCUT2D eigenvalue weighted by Gasteiger charge is 2.27. The van der Waals surface area contributed by atoms with Crippen LogP contribution >= 0.6 is 0 Å². The monoisotopic (exact) mass is 251 g/mol. The van der Waals surface area contributed by atoms with Gasteiger partial charge in [0.05, 0.1) is 17.8 Å². The van der Waals surface area contributed by atoms with Crippen LogP contribution in [0.2, 0.25) is 0 Å². The lowest BCUT2D eigenvalue weighted by atomic mass is 9.91. The quantitative estimate of drug-likeness (QED) is 0.653. The van der Waals surface area contributed by atoms with Gasteiger partial charge in [-0.25, -0.2) is 0 Å². The zero-order valence-corrected chi connectivity index (χ0v) is 10.3. The Kier molecular flexibility index (Phi) is 3.76. The van der Waals surface area contributed by atoms with E-state index >= 15 is 0 Å². The SMILES string of the molecule is CN(c1ccc([N+](=O)[O-])nc1)C1CCCCC1O. The molecule has 0 spiro atoms. The minimum Gasteiger partial charge on any atom is -0.391 e. The molecule has 98 valence electrons. The van der Waals surface area contributed by atoms with E-state index in [0.29, 0.717) is 0 Å². The number of aliphatic hydroxyl groups is 1. The molecule has 1 fully saturated rings. The second-order valence-corrected chi connectivity index (χ2v) is 4.66. The zero-order valence-electron chi connectivity index (χ0n) is 10.3. The highest BCUT2D eigenvalue weighted by atomic mass is 16.6. The molecule has 0 aromatic carbocycles. The lowest BCUT2D eigenvalue weighted by molar-refractivity contribution is -0.389. The Balaban J connectivity index is 2.12. The third-order valence-corrected chi connectivity index (χ3v) is 3.52. The molecule has 6 heteroatoms. The van der Waals surface area contributed by atoms with Crippen molar-refractivity contribution in [3.8, 4) is 0 Å². The maximum atomic E-state index is 10.5. The highest BCUT2D eigenvalue weighted by Crippen LogP contribution is 2.26. The second-order valence-electron chi connectivity index (χ2n) is 4.66. The molecule has 2 rings (SSSR count). The minimum absolute atomic E-state index is 0.0713. The van der Waals surface area contributed by atoms with Crippen molar-refractivity contribution in [1.29, 1.82) is 0 Å². The lowest BCUT2D eigenvalue weighted by Crippen LogP contribution is -2.43. The Bertz CT molecular complexity index is 421. The molecule has 0 saturated heterocycles. The molecular formula is C12H17N3O3. The normalized spacial score (nSPS) is 23.7. The summed E-state index contributed by atoms with van der Waals surface area (Å²) in [4.78, 5) is 15.8. The van der Waals surface area contributed by atoms with Crippen molar-refractivity contribution in [2.24, 2.45) is 0 Å². The molecule has 1 aromatic heterocycles. The molecule has 1 saturated carbocycles. The van der Waals surface area contributed by atoms with Crippen molar-refractivity contribution in [1.82, 2.24) is 4.98 Å². The number of nitro groups is 1. The van der Waals surface area contributed by atoms with Gasteiger partial charge in [-0.05, 0) is 28.8 Å². The molecule has 0 radical (unpaired) electrons. The van der Waals surface area contributed by atoms with Crippen LogP contribution in [-0.2, 0) is 0 Å². The fourth-order valence-corrected chi connectivity index (χ4v) is 2.43. The molecule has 1 aliphatic rings. The molecule has 2 unspecified atom stereocenters. The van der Waals surface area contributed by atoms with E-state index in [2.05, 4.69) is 4.98 Å². The largest absolute Gasteiger partial charge is 0.391 e. The van der Waals surface area contributed by atoms with E-state index in [4.69, 9.17) is 0 Å². The Morgan fingerprint density at radius 2 is 2.17 bits per heavy atom. The Labute approximate surface area is 105 Å². The van der Waals surface area contributed by atoms with Crippen LogP contribution in [0.1, 0.15) is 25.7 Å². The van der Waals surface area contributed by atoms with Crippen molar-refractivity contribution >= 4 is 11.5 Å². The number of hydrogen-bond donors (Lipinski definition) is 1. The first-order valence-electron chi connectivity index (χ1n) is 6.11. The van der Waals surface area contributed by atoms with Gasteiger partial charge in [-0.2, -0.15) is 0 Å². The fraction of sp³-hybridized carbons (Fsp3) is 0.583. The van der Waals surface area contributed by atoms with Gasteiger partial charge in [0.1, 0.15) is 0 Å². The van der Waals surface area contributed by atoms with E-state index in [9.17, 15) is 15.2 Å². The van der Waals surface area contributed by atoms with Gasteiger partial charge in [0.25, 0.3) is 0 Å². The van der Waals surface area contributed by atoms with E-state index in [1.807, 2.05) is 11.9 Å². The maximum absolute atomic E-state index is 10.5. The van der Waals surface area contributed by atoms with Gasteiger partial charge in [0.2, 0.25) is 0 Å². The van der Waals surface area contributed by atoms with Crippen molar-refractivity contribution in [2.45, 2.75) is 37.8 Å². The van der Waals surface area contributed by atoms with Crippen molar-refractivity contribution in [2.75, 3.05) is 11.9 Å². The predicted octanol–water partition coefficient (Wildman–Crippen LogP) is 1.73. The standard InChI is InChI=1S/C12H17N3O3/c1-14(10-4-2-3-5-11(10)16)9-6-7-12(13-8-9)15(17)18/h6-8,10-11,16H,2-5H2,1H3. The first-order valence-corrected chi connectivity index (χ1v) is 6.11. The average molecular weight is 251 g/mol. The average Bonchev–Trinajstić information content (AvgIpc) is 2.38. The van der Waals surface area contributed by atoms with Gasteiger partial charge in [0.15, 0.2) is 6.20 Å². The third kappa shape index (κ3) is 2.59. The van der Waals surface area contributed by atoms with Crippen LogP contribution in [-0.4, -0.2) is 34.2 Å². The summed E-state index contributed by atoms with van der Waals surface area (Å²) in [7, 11) is 1.89. The van der Waals surface area contributed by atoms with E-state index in [-0.39, 0.29) is 18.0 Å². The number of likely N-dealkylation sites (N-methyl/N-ethyl adjacent to an activating group) is 1. The molecule has 0 aliphatic heterocycles. The van der Waals surface area contributed by atoms with Crippen LogP contribution in [0.3, 0.4) is 0 Å². The van der Waals surface area contributed by atoms with Crippen LogP contribution in [0.5, 0.6) is 0 Å². The summed E-state index contributed by atoms with van der Waals surface area (Å²) in [5, 5.41) is 20.5. The van der Waals surface area contributed by atoms with Gasteiger partial charge < -0.3 is 20.1 Å². The molecule has 1 aromatic rings. The zero-order chi connectivity index (χ0) is 13.1. The number of pyridine rings is 1. The number of rotatable bonds is 3. The van der Waals surface area contributed by atoms with Gasteiger partial charge in [-0.15, -0.1) is 0 Å². The summed E-state index contributed by atoms with van der Waals surface area (Å²) in [5.41, 5.74) is 0.798. The predicted molar refractivity (Wildman–Crippen MR) is 67.6 cm³/mol. The van der Waals surface area contributed by atoms with Gasteiger partial charge in [-0.3, -0.25) is 0 Å². The first-order chi connectivity index (χ1) is 8.59. The fourth-order valence-electron chi connectivity index (χ4n) is 2.43. The molecule has 1 N–H and O–H groups in total. The number of nitrogens with zero attached hydrogens (tertiary/aromatic N) is 3. The van der Waals surface area contributed by atoms with Crippen LogP contribution < -0.4 is 4.90 Å². The van der Waals surface area contributed by atoms with Crippen LogP contribution in [0.4, 0.5) is 11.5 Å². The summed E-state index contributed by atoms with van der Waals surface area (Å²) >= 11 is 0. The number of hydrogen-bond acceptors (Lipinski definition) is 5. The summed E-state index contributed by atoms with van der Waals surface area (Å²) in [6.45, 7) is 0. The summed E-state index contributed by atoms with van der Waals surface area (Å²) < 4.78 is 0. The third-order valence-electron chi connectivity index (χ3n) is 3.52. The Hall–Kier alpha value is -1.69. The summed E-state index contributed by atoms with van der Waals surface area (Å²) in [5.74, 6) is -0.156. The van der Waals surface area contributed by atoms with E-state index in [0.717, 1.165) is 31.4 Å². The van der Waals surface area contributed by atoms with Crippen molar-refractivity contribution < 1.29 is 10.0 Å². The van der Waals surface area contributed by atoms with Gasteiger partial charge in [-0.1, -0.05) is 12.8 Å². The summed E-state index contributed by atoms with van der Waals surface area (Å²) in [6, 6.07) is 3.13. The summed E-state index contributed by atoms with van der Waals surface area (Å²) in [6.07, 6.45) is 5.07. The molecule has 1 aliphatic carbocycles. The molecular weight excluding hydrogens is 234 g/mol. The Morgan fingerprint density at radius 1 is 1.44 bits per heavy atom. The lowest BCUT2D eigenvalue weighted by Gasteiger charge is -2.36. The van der Waals surface area contributed by atoms with E-state index in [1.54, 1.807) is 6.07 Å². The van der Waals surface area contributed by atoms with Crippen molar-refractivity contribution in [3.63, 3.8) is 0 Å². The van der Waals surface area contributed by atoms with Gasteiger partial charge in [0, 0.05) is 13.1 Å². The number of aliphatic hydroxyl groups excluding tert-OH is 1. The molecule has 0 bridgehead atoms. The second kappa shape index (κ2) is 5.30. The van der Waals surface area contributed by atoms with Crippen LogP contribution in [0, 0.1) is 10.1 Å². The number of aromatic nitrogens is 1. The molecule has 0 amide bonds. The molecule has 1 heterocycles. The minimum atomic E-state index is -0.515. The first kappa shape index (κ1) is 12.8. The number of anilines is 1. The van der Waals surface area contributed by atoms with Gasteiger partial charge >= 0.3 is 5.82 Å².